The smallest absolute Gasteiger partial charge is 0.343 e. The second kappa shape index (κ2) is 12.4. The maximum Gasteiger partial charge on any atom is 0.343 e. The molecule has 8 nitrogen and oxygen atoms in total. The van der Waals surface area contributed by atoms with Gasteiger partial charge in [0.1, 0.15) is 11.5 Å². The molecule has 8 heteroatoms. The maximum atomic E-state index is 12.6. The minimum Gasteiger partial charge on any atom is -0.497 e. The molecule has 0 heterocycles. The average Bonchev–Trinajstić information content (AvgIpc) is 2.94. The van der Waals surface area contributed by atoms with Gasteiger partial charge in [-0.25, -0.2) is 10.2 Å². The summed E-state index contributed by atoms with van der Waals surface area (Å²) in [4.78, 5) is 25.0. The molecule has 4 aromatic rings. The van der Waals surface area contributed by atoms with E-state index in [1.54, 1.807) is 56.5 Å². The Labute approximate surface area is 220 Å². The number of benzene rings is 4. The molecule has 38 heavy (non-hydrogen) atoms. The summed E-state index contributed by atoms with van der Waals surface area (Å²) in [5.41, 5.74) is 3.50. The number of fused-ring (bicyclic) bond motifs is 1. The molecule has 1 amide bonds. The second-order valence-electron chi connectivity index (χ2n) is 8.26. The lowest BCUT2D eigenvalue weighted by Crippen LogP contribution is -2.33. The van der Waals surface area contributed by atoms with Crippen LogP contribution >= 0.6 is 0 Å². The van der Waals surface area contributed by atoms with E-state index in [-0.39, 0.29) is 5.75 Å². The van der Waals surface area contributed by atoms with Crippen molar-refractivity contribution in [3.8, 4) is 23.0 Å². The van der Waals surface area contributed by atoms with Gasteiger partial charge in [-0.3, -0.25) is 4.79 Å². The monoisotopic (exact) mass is 512 g/mol. The van der Waals surface area contributed by atoms with Crippen LogP contribution in [0.4, 0.5) is 0 Å². The van der Waals surface area contributed by atoms with Crippen molar-refractivity contribution in [3.05, 3.63) is 96.1 Å². The molecule has 0 aliphatic carbocycles. The van der Waals surface area contributed by atoms with E-state index in [4.69, 9.17) is 18.9 Å². The summed E-state index contributed by atoms with van der Waals surface area (Å²) < 4.78 is 22.1. The number of esters is 1. The van der Waals surface area contributed by atoms with E-state index in [1.165, 1.54) is 6.21 Å². The lowest BCUT2D eigenvalue weighted by Gasteiger charge is -2.13. The molecule has 0 bridgehead atoms. The molecule has 194 valence electrons. The van der Waals surface area contributed by atoms with Crippen LogP contribution < -0.4 is 24.4 Å². The topological polar surface area (TPSA) is 95.5 Å². The molecule has 0 saturated carbocycles. The van der Waals surface area contributed by atoms with Gasteiger partial charge >= 0.3 is 5.97 Å². The van der Waals surface area contributed by atoms with Crippen LogP contribution in [0.2, 0.25) is 0 Å². The number of hydrazone groups is 1. The predicted octanol–water partition coefficient (Wildman–Crippen LogP) is 5.38. The number of hydrogen-bond acceptors (Lipinski definition) is 7. The molecule has 1 atom stereocenters. The molecule has 1 unspecified atom stereocenters. The van der Waals surface area contributed by atoms with Crippen molar-refractivity contribution >= 4 is 28.9 Å². The Morgan fingerprint density at radius 1 is 0.895 bits per heavy atom. The summed E-state index contributed by atoms with van der Waals surface area (Å²) in [7, 11) is 1.55. The molecule has 4 rings (SSSR count). The van der Waals surface area contributed by atoms with Gasteiger partial charge in [-0.2, -0.15) is 5.10 Å². The van der Waals surface area contributed by atoms with Crippen molar-refractivity contribution in [2.24, 2.45) is 5.10 Å². The molecular weight excluding hydrogens is 484 g/mol. The number of nitrogens with one attached hydrogen (secondary N) is 1. The summed E-state index contributed by atoms with van der Waals surface area (Å²) in [6.07, 6.45) is 0.713. The van der Waals surface area contributed by atoms with Crippen LogP contribution in [0.1, 0.15) is 29.8 Å². The molecule has 0 fully saturated rings. The Kier molecular flexibility index (Phi) is 8.56. The van der Waals surface area contributed by atoms with E-state index < -0.39 is 18.0 Å². The second-order valence-corrected chi connectivity index (χ2v) is 8.26. The maximum absolute atomic E-state index is 12.6. The first kappa shape index (κ1) is 26.2. The number of amides is 1. The van der Waals surface area contributed by atoms with Crippen LogP contribution in [-0.2, 0) is 4.79 Å². The van der Waals surface area contributed by atoms with E-state index in [0.717, 1.165) is 10.8 Å². The van der Waals surface area contributed by atoms with Crippen LogP contribution in [-0.4, -0.2) is 37.9 Å². The molecule has 4 aromatic carbocycles. The van der Waals surface area contributed by atoms with Gasteiger partial charge < -0.3 is 18.9 Å². The first-order chi connectivity index (χ1) is 18.5. The van der Waals surface area contributed by atoms with Crippen LogP contribution in [0.15, 0.2) is 90.0 Å². The van der Waals surface area contributed by atoms with E-state index in [0.29, 0.717) is 35.0 Å². The zero-order chi connectivity index (χ0) is 26.9. The Morgan fingerprint density at radius 3 is 2.37 bits per heavy atom. The minimum absolute atomic E-state index is 0.270. The fourth-order valence-electron chi connectivity index (χ4n) is 3.60. The fourth-order valence-corrected chi connectivity index (χ4v) is 3.60. The molecule has 0 aliphatic heterocycles. The summed E-state index contributed by atoms with van der Waals surface area (Å²) in [5.74, 6) is 0.953. The lowest BCUT2D eigenvalue weighted by molar-refractivity contribution is -0.127. The molecular formula is C30H28N2O6. The van der Waals surface area contributed by atoms with Gasteiger partial charge in [-0.05, 0) is 84.8 Å². The average molecular weight is 513 g/mol. The van der Waals surface area contributed by atoms with Crippen molar-refractivity contribution in [2.45, 2.75) is 20.0 Å². The SMILES string of the molecule is CCOc1cc(/C=N/NC(=O)C(C)Oc2ccc3ccccc3c2)ccc1OC(=O)c1ccc(OC)cc1. The fraction of sp³-hybridized carbons (Fsp3) is 0.167. The largest absolute Gasteiger partial charge is 0.497 e. The van der Waals surface area contributed by atoms with Crippen molar-refractivity contribution in [3.63, 3.8) is 0 Å². The van der Waals surface area contributed by atoms with E-state index in [2.05, 4.69) is 10.5 Å². The molecule has 0 spiro atoms. The Morgan fingerprint density at radius 2 is 1.63 bits per heavy atom. The Hall–Kier alpha value is -4.85. The Bertz CT molecular complexity index is 1450. The van der Waals surface area contributed by atoms with Crippen molar-refractivity contribution in [1.82, 2.24) is 5.43 Å². The standard InChI is InChI=1S/C30H28N2O6/c1-4-36-28-17-21(9-16-27(28)38-30(34)23-11-13-25(35-3)14-12-23)19-31-32-29(33)20(2)37-26-15-10-22-7-5-6-8-24(22)18-26/h5-20H,4H2,1-3H3,(H,32,33)/b31-19+. The van der Waals surface area contributed by atoms with E-state index in [9.17, 15) is 9.59 Å². The third kappa shape index (κ3) is 6.67. The number of carbonyl (C=O) groups is 2. The summed E-state index contributed by atoms with van der Waals surface area (Å²) in [5, 5.41) is 6.15. The van der Waals surface area contributed by atoms with Crippen LogP contribution in [0, 0.1) is 0 Å². The summed E-state index contributed by atoms with van der Waals surface area (Å²) >= 11 is 0. The van der Waals surface area contributed by atoms with Crippen molar-refractivity contribution in [2.75, 3.05) is 13.7 Å². The van der Waals surface area contributed by atoms with E-state index >= 15 is 0 Å². The van der Waals surface area contributed by atoms with Gasteiger partial charge in [0.15, 0.2) is 17.6 Å². The third-order valence-corrected chi connectivity index (χ3v) is 5.59. The predicted molar refractivity (Wildman–Crippen MR) is 145 cm³/mol. The summed E-state index contributed by atoms with van der Waals surface area (Å²) in [6, 6.07) is 25.2. The zero-order valence-corrected chi connectivity index (χ0v) is 21.3. The van der Waals surface area contributed by atoms with Crippen molar-refractivity contribution < 1.29 is 28.5 Å². The molecule has 0 aromatic heterocycles. The number of hydrogen-bond donors (Lipinski definition) is 1. The molecule has 1 N–H and O–H groups in total. The normalized spacial score (nSPS) is 11.7. The van der Waals surface area contributed by atoms with Crippen LogP contribution in [0.3, 0.4) is 0 Å². The van der Waals surface area contributed by atoms with Gasteiger partial charge in [0.2, 0.25) is 0 Å². The highest BCUT2D eigenvalue weighted by molar-refractivity contribution is 5.92. The Balaban J connectivity index is 1.37. The van der Waals surface area contributed by atoms with E-state index in [1.807, 2.05) is 49.4 Å². The van der Waals surface area contributed by atoms with Crippen molar-refractivity contribution in [1.29, 1.82) is 0 Å². The quantitative estimate of drug-likeness (QED) is 0.133. The van der Waals surface area contributed by atoms with Crippen LogP contribution in [0.25, 0.3) is 10.8 Å². The number of carbonyl (C=O) groups excluding carboxylic acids is 2. The number of rotatable bonds is 10. The molecule has 0 saturated heterocycles. The minimum atomic E-state index is -0.757. The lowest BCUT2D eigenvalue weighted by atomic mass is 10.1. The highest BCUT2D eigenvalue weighted by atomic mass is 16.6. The van der Waals surface area contributed by atoms with Gasteiger partial charge in [0, 0.05) is 0 Å². The van der Waals surface area contributed by atoms with Gasteiger partial charge in [0.05, 0.1) is 25.5 Å². The zero-order valence-electron chi connectivity index (χ0n) is 21.3. The first-order valence-electron chi connectivity index (χ1n) is 12.1. The van der Waals surface area contributed by atoms with Crippen LogP contribution in [0.5, 0.6) is 23.0 Å². The third-order valence-electron chi connectivity index (χ3n) is 5.59. The molecule has 0 radical (unpaired) electrons. The number of methoxy groups -OCH3 is 1. The van der Waals surface area contributed by atoms with Gasteiger partial charge in [-0.15, -0.1) is 0 Å². The first-order valence-corrected chi connectivity index (χ1v) is 12.1. The van der Waals surface area contributed by atoms with Gasteiger partial charge in [-0.1, -0.05) is 30.3 Å². The van der Waals surface area contributed by atoms with Gasteiger partial charge in [0.25, 0.3) is 5.91 Å². The highest BCUT2D eigenvalue weighted by Gasteiger charge is 2.15. The summed E-state index contributed by atoms with van der Waals surface area (Å²) in [6.45, 7) is 3.85. The number of ether oxygens (including phenoxy) is 4. The molecule has 0 aliphatic rings. The number of nitrogens with zero attached hydrogens (tertiary/aromatic N) is 1. The highest BCUT2D eigenvalue weighted by Crippen LogP contribution is 2.29.